The maximum absolute atomic E-state index is 13.2. The highest BCUT2D eigenvalue weighted by Gasteiger charge is 2.60. The third-order valence-electron chi connectivity index (χ3n) is 3.12. The van der Waals surface area contributed by atoms with Crippen LogP contribution in [0.3, 0.4) is 0 Å². The lowest BCUT2D eigenvalue weighted by atomic mass is 9.89. The Morgan fingerprint density at radius 2 is 1.82 bits per heavy atom. The van der Waals surface area contributed by atoms with Crippen molar-refractivity contribution in [2.75, 3.05) is 6.61 Å². The van der Waals surface area contributed by atoms with Gasteiger partial charge in [0.05, 0.1) is 6.61 Å². The normalized spacial score (nSPS) is 15.3. The van der Waals surface area contributed by atoms with Crippen molar-refractivity contribution in [1.29, 1.82) is 0 Å². The lowest BCUT2D eigenvalue weighted by Crippen LogP contribution is -2.53. The first-order chi connectivity index (χ1) is 10.3. The Kier molecular flexibility index (Phi) is 6.17. The molecule has 22 heavy (non-hydrogen) atoms. The van der Waals surface area contributed by atoms with Crippen molar-refractivity contribution in [3.05, 3.63) is 42.0 Å². The molecule has 0 fully saturated rings. The summed E-state index contributed by atoms with van der Waals surface area (Å²) >= 11 is 0. The summed E-state index contributed by atoms with van der Waals surface area (Å²) in [6.07, 6.45) is -3.97. The molecule has 1 aromatic rings. The fourth-order valence-electron chi connectivity index (χ4n) is 2.00. The average Bonchev–Trinajstić information content (AvgIpc) is 2.46. The summed E-state index contributed by atoms with van der Waals surface area (Å²) in [7, 11) is 0. The smallest absolute Gasteiger partial charge is 0.428 e. The molecular weight excluding hydrogens is 297 g/mol. The molecule has 0 heterocycles. The van der Waals surface area contributed by atoms with E-state index in [1.807, 2.05) is 0 Å². The van der Waals surface area contributed by atoms with Gasteiger partial charge in [0.15, 0.2) is 0 Å². The fourth-order valence-corrected chi connectivity index (χ4v) is 2.00. The Bertz CT molecular complexity index is 523. The van der Waals surface area contributed by atoms with Gasteiger partial charge in [0, 0.05) is 6.42 Å². The molecule has 0 radical (unpaired) electrons. The molecule has 1 atom stereocenters. The molecule has 0 saturated heterocycles. The first-order valence-electron chi connectivity index (χ1n) is 6.97. The zero-order chi connectivity index (χ0) is 16.8. The summed E-state index contributed by atoms with van der Waals surface area (Å²) < 4.78 is 44.1. The number of carbonyl (C=O) groups excluding carboxylic acids is 1. The number of aliphatic hydroxyl groups is 1. The first kappa shape index (κ1) is 18.2. The number of esters is 1. The van der Waals surface area contributed by atoms with Crippen LogP contribution in [-0.2, 0) is 9.53 Å². The predicted octanol–water partition coefficient (Wildman–Crippen LogP) is 3.73. The Morgan fingerprint density at radius 3 is 2.27 bits per heavy atom. The maximum Gasteiger partial charge on any atom is 0.428 e. The molecule has 0 saturated carbocycles. The highest BCUT2D eigenvalue weighted by Crippen LogP contribution is 2.39. The highest BCUT2D eigenvalue weighted by molar-refractivity contribution is 5.84. The van der Waals surface area contributed by atoms with Crippen LogP contribution in [0.25, 0.3) is 5.57 Å². The molecule has 0 bridgehead atoms. The van der Waals surface area contributed by atoms with E-state index >= 15 is 0 Å². The van der Waals surface area contributed by atoms with Gasteiger partial charge >= 0.3 is 12.1 Å². The first-order valence-corrected chi connectivity index (χ1v) is 6.97. The van der Waals surface area contributed by atoms with Gasteiger partial charge in [0.2, 0.25) is 0 Å². The van der Waals surface area contributed by atoms with Crippen LogP contribution in [0.5, 0.6) is 0 Å². The molecule has 0 aliphatic heterocycles. The Hall–Kier alpha value is -1.82. The van der Waals surface area contributed by atoms with Crippen LogP contribution in [0.2, 0.25) is 0 Å². The van der Waals surface area contributed by atoms with E-state index in [2.05, 4.69) is 4.74 Å². The van der Waals surface area contributed by atoms with E-state index in [0.29, 0.717) is 12.0 Å². The van der Waals surface area contributed by atoms with Gasteiger partial charge in [-0.25, -0.2) is 4.79 Å². The van der Waals surface area contributed by atoms with Crippen molar-refractivity contribution in [3.8, 4) is 0 Å². The average molecular weight is 316 g/mol. The SMILES string of the molecule is CC/C=C(\CC(O)(C(=O)OCC)C(F)(F)F)c1ccccc1. The van der Waals surface area contributed by atoms with Gasteiger partial charge in [-0.05, 0) is 24.5 Å². The second-order valence-corrected chi connectivity index (χ2v) is 4.76. The second kappa shape index (κ2) is 7.45. The van der Waals surface area contributed by atoms with Crippen LogP contribution >= 0.6 is 0 Å². The molecule has 1 aromatic carbocycles. The number of hydrogen-bond acceptors (Lipinski definition) is 3. The minimum atomic E-state index is -5.12. The molecule has 1 rings (SSSR count). The van der Waals surface area contributed by atoms with E-state index < -0.39 is 24.2 Å². The van der Waals surface area contributed by atoms with Gasteiger partial charge in [-0.2, -0.15) is 13.2 Å². The van der Waals surface area contributed by atoms with Crippen molar-refractivity contribution in [2.45, 2.75) is 38.5 Å². The number of rotatable bonds is 6. The fraction of sp³-hybridized carbons (Fsp3) is 0.438. The summed E-state index contributed by atoms with van der Waals surface area (Å²) in [5, 5.41) is 9.97. The predicted molar refractivity (Wildman–Crippen MR) is 77.0 cm³/mol. The Morgan fingerprint density at radius 1 is 1.23 bits per heavy atom. The molecular formula is C16H19F3O3. The van der Waals surface area contributed by atoms with Crippen LogP contribution in [0, 0.1) is 0 Å². The highest BCUT2D eigenvalue weighted by atomic mass is 19.4. The zero-order valence-corrected chi connectivity index (χ0v) is 12.5. The van der Waals surface area contributed by atoms with Gasteiger partial charge in [-0.3, -0.25) is 0 Å². The number of benzene rings is 1. The molecule has 0 aliphatic rings. The van der Waals surface area contributed by atoms with Gasteiger partial charge in [0.1, 0.15) is 0 Å². The van der Waals surface area contributed by atoms with E-state index in [0.717, 1.165) is 0 Å². The van der Waals surface area contributed by atoms with Crippen LogP contribution in [0.15, 0.2) is 36.4 Å². The quantitative estimate of drug-likeness (QED) is 0.814. The molecule has 6 heteroatoms. The summed E-state index contributed by atoms with van der Waals surface area (Å²) in [5.41, 5.74) is -2.79. The van der Waals surface area contributed by atoms with Gasteiger partial charge in [-0.15, -0.1) is 0 Å². The maximum atomic E-state index is 13.2. The van der Waals surface area contributed by atoms with Crippen molar-refractivity contribution < 1.29 is 27.8 Å². The van der Waals surface area contributed by atoms with Crippen LogP contribution < -0.4 is 0 Å². The van der Waals surface area contributed by atoms with Crippen molar-refractivity contribution in [2.24, 2.45) is 0 Å². The monoisotopic (exact) mass is 316 g/mol. The number of hydrogen-bond donors (Lipinski definition) is 1. The van der Waals surface area contributed by atoms with E-state index in [1.165, 1.54) is 6.92 Å². The van der Waals surface area contributed by atoms with Crippen LogP contribution in [-0.4, -0.2) is 29.5 Å². The lowest BCUT2D eigenvalue weighted by Gasteiger charge is -2.29. The van der Waals surface area contributed by atoms with Crippen molar-refractivity contribution >= 4 is 11.5 Å². The van der Waals surface area contributed by atoms with E-state index in [9.17, 15) is 23.1 Å². The molecule has 0 aromatic heterocycles. The largest absolute Gasteiger partial charge is 0.464 e. The minimum absolute atomic E-state index is 0.241. The standard InChI is InChI=1S/C16H19F3O3/c1-3-8-13(12-9-6-5-7-10-12)11-15(21,16(17,18)19)14(20)22-4-2/h5-10,21H,3-4,11H2,1-2H3/b13-8+. The molecule has 1 unspecified atom stereocenters. The van der Waals surface area contributed by atoms with Gasteiger partial charge in [0.25, 0.3) is 5.60 Å². The molecule has 0 spiro atoms. The third kappa shape index (κ3) is 4.10. The number of allylic oxidation sites excluding steroid dienone is 1. The lowest BCUT2D eigenvalue weighted by molar-refractivity contribution is -0.260. The Balaban J connectivity index is 3.21. The number of ether oxygens (including phenoxy) is 1. The second-order valence-electron chi connectivity index (χ2n) is 4.76. The molecule has 0 amide bonds. The molecule has 3 nitrogen and oxygen atoms in total. The summed E-state index contributed by atoms with van der Waals surface area (Å²) in [5.74, 6) is -1.68. The van der Waals surface area contributed by atoms with Crippen LogP contribution in [0.1, 0.15) is 32.3 Å². The molecule has 1 N–H and O–H groups in total. The minimum Gasteiger partial charge on any atom is -0.464 e. The summed E-state index contributed by atoms with van der Waals surface area (Å²) in [6.45, 7) is 2.91. The molecule has 122 valence electrons. The number of halogens is 3. The van der Waals surface area contributed by atoms with E-state index in [-0.39, 0.29) is 12.2 Å². The summed E-state index contributed by atoms with van der Waals surface area (Å²) in [6, 6.07) is 8.34. The zero-order valence-electron chi connectivity index (χ0n) is 12.5. The van der Waals surface area contributed by atoms with Crippen molar-refractivity contribution in [1.82, 2.24) is 0 Å². The van der Waals surface area contributed by atoms with E-state index in [4.69, 9.17) is 0 Å². The number of alkyl halides is 3. The Labute approximate surface area is 127 Å². The molecule has 0 aliphatic carbocycles. The van der Waals surface area contributed by atoms with E-state index in [1.54, 1.807) is 43.3 Å². The summed E-state index contributed by atoms with van der Waals surface area (Å²) in [4.78, 5) is 11.7. The third-order valence-corrected chi connectivity index (χ3v) is 3.12. The van der Waals surface area contributed by atoms with Gasteiger partial charge in [-0.1, -0.05) is 43.3 Å². The van der Waals surface area contributed by atoms with Gasteiger partial charge < -0.3 is 9.84 Å². The van der Waals surface area contributed by atoms with Crippen LogP contribution in [0.4, 0.5) is 13.2 Å². The van der Waals surface area contributed by atoms with Crippen molar-refractivity contribution in [3.63, 3.8) is 0 Å². The number of carbonyl (C=O) groups is 1. The topological polar surface area (TPSA) is 46.5 Å².